The first-order chi connectivity index (χ1) is 9.12. The van der Waals surface area contributed by atoms with Crippen molar-refractivity contribution >= 4 is 22.2 Å². The third kappa shape index (κ3) is 4.83. The largest absolute Gasteiger partial charge is 0.493 e. The van der Waals surface area contributed by atoms with Crippen molar-refractivity contribution in [3.63, 3.8) is 0 Å². The van der Waals surface area contributed by atoms with Gasteiger partial charge in [0.25, 0.3) is 0 Å². The van der Waals surface area contributed by atoms with Gasteiger partial charge in [-0.1, -0.05) is 48.4 Å². The molecule has 0 bridgehead atoms. The van der Waals surface area contributed by atoms with Gasteiger partial charge in [0.15, 0.2) is 6.29 Å². The number of halogens is 1. The lowest BCUT2D eigenvalue weighted by Crippen LogP contribution is -2.08. The van der Waals surface area contributed by atoms with Gasteiger partial charge < -0.3 is 4.74 Å². The Kier molecular flexibility index (Phi) is 6.85. The Hall–Kier alpha value is -1.09. The maximum absolute atomic E-state index is 11.2. The van der Waals surface area contributed by atoms with Crippen LogP contribution in [-0.2, 0) is 9.53 Å². The number of carbonyl (C=O) groups is 1. The Morgan fingerprint density at radius 3 is 2.84 bits per heavy atom. The van der Waals surface area contributed by atoms with E-state index in [9.17, 15) is 4.79 Å². The highest BCUT2D eigenvalue weighted by Crippen LogP contribution is 2.29. The smallest absolute Gasteiger partial charge is 0.153 e. The molecule has 0 aromatic rings. The van der Waals surface area contributed by atoms with E-state index in [1.165, 1.54) is 0 Å². The third-order valence-corrected chi connectivity index (χ3v) is 3.77. The molecular weight excluding hydrogens is 304 g/mol. The van der Waals surface area contributed by atoms with Crippen molar-refractivity contribution in [2.45, 2.75) is 26.7 Å². The summed E-state index contributed by atoms with van der Waals surface area (Å²) in [5.74, 6) is 1.45. The first-order valence-corrected chi connectivity index (χ1v) is 7.41. The molecular formula is C16H21BrO2. The van der Waals surface area contributed by atoms with Gasteiger partial charge in [-0.05, 0) is 24.5 Å². The van der Waals surface area contributed by atoms with Gasteiger partial charge in [-0.25, -0.2) is 0 Å². The molecule has 1 rings (SSSR count). The van der Waals surface area contributed by atoms with Crippen LogP contribution in [0.4, 0.5) is 0 Å². The van der Waals surface area contributed by atoms with Gasteiger partial charge >= 0.3 is 0 Å². The van der Waals surface area contributed by atoms with Crippen LogP contribution < -0.4 is 0 Å². The van der Waals surface area contributed by atoms with Crippen LogP contribution >= 0.6 is 15.9 Å². The predicted molar refractivity (Wildman–Crippen MR) is 83.0 cm³/mol. The van der Waals surface area contributed by atoms with Crippen LogP contribution in [0.1, 0.15) is 26.7 Å². The predicted octanol–water partition coefficient (Wildman–Crippen LogP) is 4.54. The van der Waals surface area contributed by atoms with E-state index in [1.54, 1.807) is 0 Å². The number of rotatable bonds is 7. The zero-order valence-electron chi connectivity index (χ0n) is 11.6. The molecule has 0 heterocycles. The maximum Gasteiger partial charge on any atom is 0.153 e. The molecule has 0 aliphatic heterocycles. The Morgan fingerprint density at radius 1 is 1.53 bits per heavy atom. The van der Waals surface area contributed by atoms with E-state index in [0.717, 1.165) is 23.6 Å². The van der Waals surface area contributed by atoms with Crippen LogP contribution in [0.3, 0.4) is 0 Å². The number of allylic oxidation sites excluding steroid dienone is 5. The quantitative estimate of drug-likeness (QED) is 0.390. The molecule has 0 saturated heterocycles. The van der Waals surface area contributed by atoms with E-state index in [4.69, 9.17) is 4.74 Å². The van der Waals surface area contributed by atoms with E-state index in [-0.39, 0.29) is 5.92 Å². The highest BCUT2D eigenvalue weighted by Gasteiger charge is 2.18. The minimum atomic E-state index is 0.270. The molecule has 2 nitrogen and oxygen atoms in total. The summed E-state index contributed by atoms with van der Waals surface area (Å²) < 4.78 is 6.65. The molecule has 0 spiro atoms. The number of hydrogen-bond acceptors (Lipinski definition) is 2. The van der Waals surface area contributed by atoms with Crippen molar-refractivity contribution in [2.75, 3.05) is 6.61 Å². The summed E-state index contributed by atoms with van der Waals surface area (Å²) in [6.45, 7) is 8.58. The van der Waals surface area contributed by atoms with Gasteiger partial charge in [-0.2, -0.15) is 0 Å². The first-order valence-electron chi connectivity index (χ1n) is 6.62. The fourth-order valence-electron chi connectivity index (χ4n) is 1.85. The van der Waals surface area contributed by atoms with Crippen molar-refractivity contribution in [1.29, 1.82) is 0 Å². The molecule has 1 aliphatic rings. The third-order valence-electron chi connectivity index (χ3n) is 3.28. The maximum atomic E-state index is 11.2. The molecule has 104 valence electrons. The topological polar surface area (TPSA) is 26.3 Å². The Morgan fingerprint density at radius 2 is 2.26 bits per heavy atom. The van der Waals surface area contributed by atoms with Crippen LogP contribution in [0, 0.1) is 11.8 Å². The average Bonchev–Trinajstić information content (AvgIpc) is 2.57. The van der Waals surface area contributed by atoms with E-state index >= 15 is 0 Å². The number of aldehydes is 1. The lowest BCUT2D eigenvalue weighted by molar-refractivity contribution is -0.105. The van der Waals surface area contributed by atoms with Gasteiger partial charge in [0.05, 0.1) is 12.2 Å². The monoisotopic (exact) mass is 324 g/mol. The second-order valence-electron chi connectivity index (χ2n) is 4.69. The number of hydrogen-bond donors (Lipinski definition) is 0. The lowest BCUT2D eigenvalue weighted by Gasteiger charge is -2.17. The lowest BCUT2D eigenvalue weighted by atomic mass is 9.91. The molecule has 3 heteroatoms. The molecule has 0 N–H and O–H groups in total. The summed E-state index contributed by atoms with van der Waals surface area (Å²) in [5, 5.41) is 0. The standard InChI is InChI=1S/C16H21BrO2/c1-4-6-7-19-16-10-13(12(3)5-2)8-15(17)9-14(16)11-18/h4,8-13H,1,5-7H2,2-3H3. The molecule has 0 saturated carbocycles. The zero-order chi connectivity index (χ0) is 14.3. The van der Waals surface area contributed by atoms with Crippen LogP contribution in [0.15, 0.2) is 46.7 Å². The second kappa shape index (κ2) is 8.16. The van der Waals surface area contributed by atoms with Gasteiger partial charge in [0.1, 0.15) is 5.76 Å². The fourth-order valence-corrected chi connectivity index (χ4v) is 2.40. The normalized spacial score (nSPS) is 20.6. The summed E-state index contributed by atoms with van der Waals surface area (Å²) in [6, 6.07) is 0. The molecule has 0 aromatic heterocycles. The molecule has 19 heavy (non-hydrogen) atoms. The van der Waals surface area contributed by atoms with E-state index in [0.29, 0.717) is 23.9 Å². The fraction of sp³-hybridized carbons (Fsp3) is 0.438. The minimum absolute atomic E-state index is 0.270. The van der Waals surface area contributed by atoms with Gasteiger partial charge in [0.2, 0.25) is 0 Å². The molecule has 0 amide bonds. The number of ether oxygens (including phenoxy) is 1. The van der Waals surface area contributed by atoms with Crippen LogP contribution in [0.5, 0.6) is 0 Å². The summed E-state index contributed by atoms with van der Waals surface area (Å²) in [7, 11) is 0. The van der Waals surface area contributed by atoms with E-state index < -0.39 is 0 Å². The Labute approximate surface area is 124 Å². The van der Waals surface area contributed by atoms with Crippen LogP contribution in [0.2, 0.25) is 0 Å². The second-order valence-corrected chi connectivity index (χ2v) is 5.60. The van der Waals surface area contributed by atoms with Crippen molar-refractivity contribution in [2.24, 2.45) is 11.8 Å². The van der Waals surface area contributed by atoms with Crippen LogP contribution in [-0.4, -0.2) is 12.9 Å². The van der Waals surface area contributed by atoms with Crippen molar-refractivity contribution < 1.29 is 9.53 Å². The Bertz CT molecular complexity index is 418. The van der Waals surface area contributed by atoms with Crippen molar-refractivity contribution in [3.05, 3.63) is 46.7 Å². The van der Waals surface area contributed by atoms with E-state index in [2.05, 4.69) is 42.4 Å². The summed E-state index contributed by atoms with van der Waals surface area (Å²) in [5.41, 5.74) is 0.581. The average molecular weight is 325 g/mol. The molecule has 0 radical (unpaired) electrons. The number of carbonyl (C=O) groups excluding carboxylic acids is 1. The van der Waals surface area contributed by atoms with Gasteiger partial charge in [-0.3, -0.25) is 4.79 Å². The van der Waals surface area contributed by atoms with Crippen LogP contribution in [0.25, 0.3) is 0 Å². The Balaban J connectivity index is 2.98. The van der Waals surface area contributed by atoms with E-state index in [1.807, 2.05) is 18.2 Å². The summed E-state index contributed by atoms with van der Waals surface area (Å²) >= 11 is 3.49. The zero-order valence-corrected chi connectivity index (χ0v) is 13.2. The highest BCUT2D eigenvalue weighted by molar-refractivity contribution is 9.11. The molecule has 0 aromatic carbocycles. The van der Waals surface area contributed by atoms with Gasteiger partial charge in [-0.15, -0.1) is 6.58 Å². The SMILES string of the molecule is C=CCCOC1=CC(C(C)CC)C=C(Br)C=C1C=O. The van der Waals surface area contributed by atoms with Gasteiger partial charge in [0, 0.05) is 10.4 Å². The molecule has 2 unspecified atom stereocenters. The minimum Gasteiger partial charge on any atom is -0.493 e. The first kappa shape index (κ1) is 16.0. The van der Waals surface area contributed by atoms with Crippen molar-refractivity contribution in [3.8, 4) is 0 Å². The van der Waals surface area contributed by atoms with Crippen molar-refractivity contribution in [1.82, 2.24) is 0 Å². The molecule has 2 atom stereocenters. The molecule has 0 fully saturated rings. The summed E-state index contributed by atoms with van der Waals surface area (Å²) in [4.78, 5) is 11.2. The highest BCUT2D eigenvalue weighted by atomic mass is 79.9. The summed E-state index contributed by atoms with van der Waals surface area (Å²) in [6.07, 6.45) is 10.5. The molecule has 1 aliphatic carbocycles.